The van der Waals surface area contributed by atoms with Crippen molar-refractivity contribution in [3.05, 3.63) is 59.0 Å². The van der Waals surface area contributed by atoms with Crippen molar-refractivity contribution in [2.75, 3.05) is 24.9 Å². The molecule has 2 N–H and O–H groups in total. The number of ether oxygens (including phenoxy) is 2. The Morgan fingerprint density at radius 2 is 2.00 bits per heavy atom. The summed E-state index contributed by atoms with van der Waals surface area (Å²) in [5.74, 6) is -0.272. The van der Waals surface area contributed by atoms with Crippen molar-refractivity contribution in [2.24, 2.45) is 0 Å². The molecule has 1 unspecified atom stereocenters. The predicted molar refractivity (Wildman–Crippen MR) is 117 cm³/mol. The summed E-state index contributed by atoms with van der Waals surface area (Å²) < 4.78 is 25.4. The highest BCUT2D eigenvalue weighted by Gasteiger charge is 2.37. The Morgan fingerprint density at radius 3 is 2.69 bits per heavy atom. The number of nitrogens with zero attached hydrogens (tertiary/aromatic N) is 2. The molecule has 0 saturated carbocycles. The molecule has 4 rings (SSSR count). The Balaban J connectivity index is 1.62. The highest BCUT2D eigenvalue weighted by molar-refractivity contribution is 6.31. The number of nitrogens with one attached hydrogen (secondary N) is 2. The van der Waals surface area contributed by atoms with Crippen molar-refractivity contribution in [1.29, 1.82) is 0 Å². The van der Waals surface area contributed by atoms with Crippen molar-refractivity contribution in [3.63, 3.8) is 0 Å². The van der Waals surface area contributed by atoms with E-state index in [1.807, 2.05) is 0 Å². The first-order chi connectivity index (χ1) is 15.4. The number of anilines is 2. The lowest BCUT2D eigenvalue weighted by atomic mass is 10.1. The van der Waals surface area contributed by atoms with Crippen LogP contribution in [0.4, 0.5) is 15.9 Å². The fourth-order valence-electron chi connectivity index (χ4n) is 3.63. The summed E-state index contributed by atoms with van der Waals surface area (Å²) in [6.45, 7) is 0.182. The number of methoxy groups -OCH3 is 2. The van der Waals surface area contributed by atoms with E-state index in [-0.39, 0.29) is 24.8 Å². The maximum Gasteiger partial charge on any atom is 0.251 e. The lowest BCUT2D eigenvalue weighted by Crippen LogP contribution is -2.24. The Bertz CT molecular complexity index is 1180. The number of halogens is 2. The normalized spacial score (nSPS) is 14.8. The highest BCUT2D eigenvalue weighted by atomic mass is 35.5. The quantitative estimate of drug-likeness (QED) is 0.557. The molecule has 3 aromatic rings. The van der Waals surface area contributed by atoms with E-state index in [9.17, 15) is 14.0 Å². The van der Waals surface area contributed by atoms with E-state index in [2.05, 4.69) is 15.7 Å². The van der Waals surface area contributed by atoms with E-state index >= 15 is 0 Å². The van der Waals surface area contributed by atoms with Crippen LogP contribution in [0.15, 0.2) is 42.5 Å². The minimum atomic E-state index is -0.861. The maximum absolute atomic E-state index is 13.4. The number of rotatable bonds is 7. The molecule has 2 amide bonds. The molecule has 2 heterocycles. The molecule has 1 atom stereocenters. The minimum absolute atomic E-state index is 0.161. The molecule has 0 bridgehead atoms. The number of hydrogen-bond acceptors (Lipinski definition) is 5. The summed E-state index contributed by atoms with van der Waals surface area (Å²) in [5, 5.41) is 10.5. The minimum Gasteiger partial charge on any atom is -0.495 e. The number of carbonyl (C=O) groups is 2. The largest absolute Gasteiger partial charge is 0.495 e. The Labute approximate surface area is 188 Å². The average molecular weight is 459 g/mol. The van der Waals surface area contributed by atoms with E-state index in [4.69, 9.17) is 21.1 Å². The van der Waals surface area contributed by atoms with Gasteiger partial charge >= 0.3 is 0 Å². The molecule has 1 aromatic heterocycles. The first-order valence-electron chi connectivity index (χ1n) is 9.71. The van der Waals surface area contributed by atoms with Gasteiger partial charge in [-0.05, 0) is 35.9 Å². The first kappa shape index (κ1) is 21.8. The summed E-state index contributed by atoms with van der Waals surface area (Å²) in [6.07, 6.45) is -0.161. The van der Waals surface area contributed by atoms with Gasteiger partial charge in [0, 0.05) is 17.7 Å². The third kappa shape index (κ3) is 4.17. The van der Waals surface area contributed by atoms with Crippen LogP contribution in [0.5, 0.6) is 5.75 Å². The van der Waals surface area contributed by atoms with Crippen LogP contribution in [0.25, 0.3) is 11.1 Å². The fourth-order valence-corrected chi connectivity index (χ4v) is 3.80. The summed E-state index contributed by atoms with van der Waals surface area (Å²) >= 11 is 6.02. The molecule has 8 nitrogen and oxygen atoms in total. The second-order valence-electron chi connectivity index (χ2n) is 7.16. The molecule has 10 heteroatoms. The van der Waals surface area contributed by atoms with E-state index in [0.29, 0.717) is 39.1 Å². The van der Waals surface area contributed by atoms with Crippen molar-refractivity contribution in [3.8, 4) is 16.9 Å². The van der Waals surface area contributed by atoms with Crippen LogP contribution in [0, 0.1) is 5.82 Å². The van der Waals surface area contributed by atoms with Crippen LogP contribution >= 0.6 is 11.6 Å². The highest BCUT2D eigenvalue weighted by Crippen LogP contribution is 2.39. The van der Waals surface area contributed by atoms with Gasteiger partial charge in [-0.1, -0.05) is 23.7 Å². The summed E-state index contributed by atoms with van der Waals surface area (Å²) in [4.78, 5) is 25.4. The monoisotopic (exact) mass is 458 g/mol. The van der Waals surface area contributed by atoms with E-state index in [1.54, 1.807) is 30.3 Å². The van der Waals surface area contributed by atoms with Gasteiger partial charge in [0.15, 0.2) is 0 Å². The van der Waals surface area contributed by atoms with Gasteiger partial charge in [0.2, 0.25) is 5.91 Å². The molecule has 0 spiro atoms. The Hall–Kier alpha value is -3.43. The molecule has 2 aromatic carbocycles. The Morgan fingerprint density at radius 1 is 1.25 bits per heavy atom. The van der Waals surface area contributed by atoms with Crippen LogP contribution in [0.3, 0.4) is 0 Å². The molecule has 0 saturated heterocycles. The van der Waals surface area contributed by atoms with Gasteiger partial charge in [-0.3, -0.25) is 9.59 Å². The summed E-state index contributed by atoms with van der Waals surface area (Å²) in [7, 11) is 3.01. The van der Waals surface area contributed by atoms with Crippen LogP contribution in [-0.2, 0) is 20.9 Å². The van der Waals surface area contributed by atoms with Crippen molar-refractivity contribution >= 4 is 34.9 Å². The van der Waals surface area contributed by atoms with Crippen molar-refractivity contribution in [1.82, 2.24) is 9.78 Å². The molecule has 32 heavy (non-hydrogen) atoms. The van der Waals surface area contributed by atoms with Crippen molar-refractivity contribution in [2.45, 2.75) is 19.1 Å². The zero-order chi connectivity index (χ0) is 22.8. The third-order valence-corrected chi connectivity index (χ3v) is 5.29. The number of carbonyl (C=O) groups excluding carboxylic acids is 2. The van der Waals surface area contributed by atoms with Crippen LogP contribution in [0.1, 0.15) is 18.2 Å². The third-order valence-electron chi connectivity index (χ3n) is 5.05. The first-order valence-corrected chi connectivity index (χ1v) is 10.1. The predicted octanol–water partition coefficient (Wildman–Crippen LogP) is 4.02. The number of benzene rings is 2. The number of amides is 2. The topological polar surface area (TPSA) is 94.5 Å². The molecule has 0 aliphatic carbocycles. The van der Waals surface area contributed by atoms with E-state index < -0.39 is 11.9 Å². The van der Waals surface area contributed by atoms with Gasteiger partial charge in [0.05, 0.1) is 31.5 Å². The number of aromatic nitrogens is 2. The van der Waals surface area contributed by atoms with Gasteiger partial charge < -0.3 is 20.1 Å². The van der Waals surface area contributed by atoms with Gasteiger partial charge in [0.25, 0.3) is 5.91 Å². The second kappa shape index (κ2) is 8.97. The van der Waals surface area contributed by atoms with E-state index in [0.717, 1.165) is 0 Å². The average Bonchev–Trinajstić information content (AvgIpc) is 3.24. The smallest absolute Gasteiger partial charge is 0.251 e. The zero-order valence-electron chi connectivity index (χ0n) is 17.3. The molecule has 0 fully saturated rings. The Kier molecular flexibility index (Phi) is 6.11. The molecule has 1 aliphatic heterocycles. The SMILES string of the molecule is COCc1nn2c(c1-c1ccc(F)cc1)NC(=O)C2CC(=O)Nc1cc(Cl)ccc1OC. The zero-order valence-corrected chi connectivity index (χ0v) is 18.1. The summed E-state index contributed by atoms with van der Waals surface area (Å²) in [5.41, 5.74) is 2.26. The lowest BCUT2D eigenvalue weighted by Gasteiger charge is -2.13. The van der Waals surface area contributed by atoms with E-state index in [1.165, 1.54) is 31.0 Å². The number of hydrogen-bond donors (Lipinski definition) is 2. The molecule has 166 valence electrons. The number of fused-ring (bicyclic) bond motifs is 1. The van der Waals surface area contributed by atoms with Crippen LogP contribution in [-0.4, -0.2) is 35.8 Å². The molecule has 1 aliphatic rings. The molecular formula is C22H20ClFN4O4. The van der Waals surface area contributed by atoms with Crippen LogP contribution in [0.2, 0.25) is 5.02 Å². The van der Waals surface area contributed by atoms with Crippen LogP contribution < -0.4 is 15.4 Å². The van der Waals surface area contributed by atoms with Gasteiger partial charge in [-0.25, -0.2) is 9.07 Å². The molecular weight excluding hydrogens is 439 g/mol. The van der Waals surface area contributed by atoms with Gasteiger partial charge in [0.1, 0.15) is 23.4 Å². The standard InChI is InChI=1S/C22H20ClFN4O4/c1-31-11-16-20(12-3-6-14(24)7-4-12)21-26-22(30)17(28(21)27-16)10-19(29)25-15-9-13(23)5-8-18(15)32-2/h3-9,17H,10-11H2,1-2H3,(H,25,29)(H,26,30). The fraction of sp³-hybridized carbons (Fsp3) is 0.227. The van der Waals surface area contributed by atoms with Gasteiger partial charge in [-0.2, -0.15) is 5.10 Å². The maximum atomic E-state index is 13.4. The lowest BCUT2D eigenvalue weighted by molar-refractivity contribution is -0.123. The second-order valence-corrected chi connectivity index (χ2v) is 7.59. The summed E-state index contributed by atoms with van der Waals surface area (Å²) in [6, 6.07) is 9.85. The van der Waals surface area contributed by atoms with Gasteiger partial charge in [-0.15, -0.1) is 0 Å². The molecule has 0 radical (unpaired) electrons. The van der Waals surface area contributed by atoms with Crippen molar-refractivity contribution < 1.29 is 23.5 Å².